The number of amides is 6. The Morgan fingerprint density at radius 3 is 1.83 bits per heavy atom. The molecule has 0 aliphatic carbocycles. The minimum Gasteiger partial charge on any atom is -0.481 e. The monoisotopic (exact) mass is 1060 g/mol. The van der Waals surface area contributed by atoms with Crippen LogP contribution >= 0.6 is 0 Å². The Kier molecular flexibility index (Phi) is 21.5. The normalized spacial score (nSPS) is 13.2. The van der Waals surface area contributed by atoms with Crippen molar-refractivity contribution in [1.29, 1.82) is 5.41 Å². The standard InChI is InChI=1S/C43H56N18O15/c1-19(50-35(69)20-6-8-21(9-7-20)48-16-23-17-49-34-33(51-23)40(74)58-43(46)57-34)5-10-29(62)52-25(13-30(63)64)37(71)53-24(4-3-11-47-42(44)45)36(70)54-26(14-31(65)66)38(72)55-27(15-32(67)68)39(73)56-28(41(75)76)12-22-18-61(2)60-59-22/h6-9,17-19,24-28,48H,3-5,10-16H2,1-2H3,(H,50,69)(H,52,62)(H,53,71)(H,54,70)(H,55,72)(H,56,73)(H,63,64)(H,65,66)(H,67,68)(H,75,76)(H4,44,45,47)(H3,46,49,57,58,74)/t19-,24+,25+,26+,27+,28+/m1/s1. The molecule has 18 N–H and O–H groups in total. The number of benzene rings is 1. The van der Waals surface area contributed by atoms with Crippen molar-refractivity contribution in [3.8, 4) is 0 Å². The molecule has 408 valence electrons. The highest BCUT2D eigenvalue weighted by molar-refractivity contribution is 5.99. The van der Waals surface area contributed by atoms with Crippen LogP contribution in [0.1, 0.15) is 73.6 Å². The molecule has 33 heteroatoms. The number of carboxylic acids is 4. The number of aryl methyl sites for hydroxylation is 1. The molecule has 3 aromatic heterocycles. The quantitative estimate of drug-likeness (QED) is 0.0133. The second-order valence-electron chi connectivity index (χ2n) is 16.9. The van der Waals surface area contributed by atoms with Crippen molar-refractivity contribution in [1.82, 2.24) is 72.1 Å². The minimum atomic E-state index is -2.08. The van der Waals surface area contributed by atoms with Crippen LogP contribution < -0.4 is 59.6 Å². The number of hydrogen-bond acceptors (Lipinski definition) is 19. The van der Waals surface area contributed by atoms with Gasteiger partial charge in [0, 0.05) is 49.9 Å². The number of aromatic amines is 1. The van der Waals surface area contributed by atoms with Gasteiger partial charge in [0.15, 0.2) is 17.1 Å². The number of carbonyl (C=O) groups is 10. The summed E-state index contributed by atoms with van der Waals surface area (Å²) >= 11 is 0. The van der Waals surface area contributed by atoms with E-state index in [-0.39, 0.29) is 67.1 Å². The molecule has 0 aliphatic rings. The maximum atomic E-state index is 13.8. The van der Waals surface area contributed by atoms with Crippen LogP contribution in [0.4, 0.5) is 11.6 Å². The summed E-state index contributed by atoms with van der Waals surface area (Å²) in [5.41, 5.74) is 11.8. The summed E-state index contributed by atoms with van der Waals surface area (Å²) in [5, 5.41) is 72.3. The number of anilines is 2. The van der Waals surface area contributed by atoms with Crippen molar-refractivity contribution in [2.75, 3.05) is 17.6 Å². The molecular weight excluding hydrogens is 1010 g/mol. The molecule has 76 heavy (non-hydrogen) atoms. The lowest BCUT2D eigenvalue weighted by Crippen LogP contribution is -2.59. The Labute approximate surface area is 428 Å². The zero-order valence-corrected chi connectivity index (χ0v) is 40.6. The summed E-state index contributed by atoms with van der Waals surface area (Å²) in [6.45, 7) is 1.68. The highest BCUT2D eigenvalue weighted by Gasteiger charge is 2.35. The van der Waals surface area contributed by atoms with Crippen molar-refractivity contribution in [2.45, 2.75) is 101 Å². The lowest BCUT2D eigenvalue weighted by Gasteiger charge is -2.26. The largest absolute Gasteiger partial charge is 0.481 e. The molecule has 0 radical (unpaired) electrons. The first-order chi connectivity index (χ1) is 35.9. The van der Waals surface area contributed by atoms with Crippen molar-refractivity contribution in [3.63, 3.8) is 0 Å². The van der Waals surface area contributed by atoms with Gasteiger partial charge < -0.3 is 74.4 Å². The van der Waals surface area contributed by atoms with Gasteiger partial charge in [-0.1, -0.05) is 5.21 Å². The van der Waals surface area contributed by atoms with E-state index in [2.05, 4.69) is 67.5 Å². The fourth-order valence-corrected chi connectivity index (χ4v) is 6.92. The van der Waals surface area contributed by atoms with Crippen LogP contribution in [0.25, 0.3) is 11.2 Å². The van der Waals surface area contributed by atoms with E-state index < -0.39 is 133 Å². The summed E-state index contributed by atoms with van der Waals surface area (Å²) in [6.07, 6.45) is -1.70. The maximum absolute atomic E-state index is 13.8. The highest BCUT2D eigenvalue weighted by atomic mass is 16.4. The van der Waals surface area contributed by atoms with Crippen LogP contribution in [0.15, 0.2) is 41.5 Å². The number of nitrogen functional groups attached to an aromatic ring is 1. The van der Waals surface area contributed by atoms with Gasteiger partial charge in [-0.05, 0) is 50.5 Å². The van der Waals surface area contributed by atoms with Crippen LogP contribution in [-0.2, 0) is 63.2 Å². The van der Waals surface area contributed by atoms with E-state index in [1.165, 1.54) is 36.3 Å². The van der Waals surface area contributed by atoms with Crippen molar-refractivity contribution >= 4 is 88.1 Å². The molecule has 0 saturated carbocycles. The highest BCUT2D eigenvalue weighted by Crippen LogP contribution is 2.13. The van der Waals surface area contributed by atoms with Gasteiger partial charge in [0.1, 0.15) is 30.2 Å². The molecule has 3 heterocycles. The third-order valence-corrected chi connectivity index (χ3v) is 10.6. The Morgan fingerprint density at radius 1 is 0.737 bits per heavy atom. The molecule has 0 aliphatic heterocycles. The first kappa shape index (κ1) is 58.7. The molecule has 33 nitrogen and oxygen atoms in total. The van der Waals surface area contributed by atoms with Gasteiger partial charge in [-0.3, -0.25) is 63.0 Å². The van der Waals surface area contributed by atoms with Crippen LogP contribution in [0, 0.1) is 5.41 Å². The van der Waals surface area contributed by atoms with Crippen LogP contribution in [-0.4, -0.2) is 163 Å². The zero-order chi connectivity index (χ0) is 56.2. The number of carboxylic acid groups (broad SMARTS) is 4. The van der Waals surface area contributed by atoms with Crippen molar-refractivity contribution in [3.05, 3.63) is 64.0 Å². The van der Waals surface area contributed by atoms with Crippen molar-refractivity contribution < 1.29 is 68.4 Å². The zero-order valence-electron chi connectivity index (χ0n) is 40.6. The fourth-order valence-electron chi connectivity index (χ4n) is 6.92. The number of carbonyl (C=O) groups excluding carboxylic acids is 6. The minimum absolute atomic E-state index is 0.00278. The molecule has 4 rings (SSSR count). The van der Waals surface area contributed by atoms with Gasteiger partial charge in [0.25, 0.3) is 11.5 Å². The number of H-pyrrole nitrogens is 1. The Morgan fingerprint density at radius 2 is 1.29 bits per heavy atom. The molecule has 0 fully saturated rings. The van der Waals surface area contributed by atoms with E-state index in [1.807, 2.05) is 5.32 Å². The summed E-state index contributed by atoms with van der Waals surface area (Å²) in [7, 11) is 1.49. The Bertz CT molecular complexity index is 2880. The van der Waals surface area contributed by atoms with Gasteiger partial charge in [-0.2, -0.15) is 4.98 Å². The number of guanidine groups is 1. The first-order valence-electron chi connectivity index (χ1n) is 22.9. The number of aliphatic carboxylic acids is 4. The average Bonchev–Trinajstić information content (AvgIpc) is 3.76. The molecule has 0 unspecified atom stereocenters. The van der Waals surface area contributed by atoms with E-state index >= 15 is 0 Å². The number of nitrogens with one attached hydrogen (secondary N) is 10. The number of hydrogen-bond donors (Lipinski definition) is 16. The molecule has 0 spiro atoms. The average molecular weight is 1070 g/mol. The topological polar surface area (TPSA) is 526 Å². The summed E-state index contributed by atoms with van der Waals surface area (Å²) in [5.74, 6) is -13.6. The summed E-state index contributed by atoms with van der Waals surface area (Å²) in [6, 6.07) is -3.72. The second-order valence-corrected chi connectivity index (χ2v) is 16.9. The van der Waals surface area contributed by atoms with E-state index in [0.29, 0.717) is 11.4 Å². The third kappa shape index (κ3) is 19.3. The first-order valence-corrected chi connectivity index (χ1v) is 22.9. The predicted octanol–water partition coefficient (Wildman–Crippen LogP) is -4.63. The third-order valence-electron chi connectivity index (χ3n) is 10.6. The smallest absolute Gasteiger partial charge is 0.326 e. The summed E-state index contributed by atoms with van der Waals surface area (Å²) in [4.78, 5) is 155. The maximum Gasteiger partial charge on any atom is 0.326 e. The molecule has 0 saturated heterocycles. The molecule has 0 bridgehead atoms. The SMILES string of the molecule is C[C@H](CCC(=O)N[C@@H](CC(=O)O)C(=O)N[C@@H](CCCNC(=N)N)C(=O)N[C@@H](CC(=O)O)C(=O)N[C@@H](CC(=O)O)C(=O)N[C@@H](Cc1cn(C)nn1)C(=O)O)NC(=O)c1ccc(NCc2cnc3nc(N)[nH]c(=O)c3n2)cc1. The molecule has 6 amide bonds. The van der Waals surface area contributed by atoms with Crippen LogP contribution in [0.5, 0.6) is 0 Å². The predicted molar refractivity (Wildman–Crippen MR) is 260 cm³/mol. The van der Waals surface area contributed by atoms with E-state index in [1.54, 1.807) is 19.1 Å². The molecule has 1 aromatic carbocycles. The number of rotatable bonds is 30. The summed E-state index contributed by atoms with van der Waals surface area (Å²) < 4.78 is 1.25. The van der Waals surface area contributed by atoms with Gasteiger partial charge in [-0.15, -0.1) is 5.10 Å². The lowest BCUT2D eigenvalue weighted by atomic mass is 10.1. The number of nitrogens with two attached hydrogens (primary N) is 2. The van der Waals surface area contributed by atoms with E-state index in [9.17, 15) is 73.2 Å². The fraction of sp³-hybridized carbons (Fsp3) is 0.419. The molecular formula is C43H56N18O15. The van der Waals surface area contributed by atoms with Crippen molar-refractivity contribution in [2.24, 2.45) is 12.8 Å². The molecule has 4 aromatic rings. The van der Waals surface area contributed by atoms with E-state index in [4.69, 9.17) is 16.9 Å². The van der Waals surface area contributed by atoms with Crippen LogP contribution in [0.3, 0.4) is 0 Å². The number of fused-ring (bicyclic) bond motifs is 1. The Balaban J connectivity index is 1.38. The Hall–Kier alpha value is -9.85. The van der Waals surface area contributed by atoms with Crippen LogP contribution in [0.2, 0.25) is 0 Å². The number of nitrogens with zero attached hydrogens (tertiary/aromatic N) is 6. The van der Waals surface area contributed by atoms with Gasteiger partial charge in [0.2, 0.25) is 35.5 Å². The molecule has 6 atom stereocenters. The van der Waals surface area contributed by atoms with Gasteiger partial charge in [-0.25, -0.2) is 14.8 Å². The van der Waals surface area contributed by atoms with Gasteiger partial charge >= 0.3 is 23.9 Å². The second kappa shape index (κ2) is 27.8. The number of aromatic nitrogens is 7. The lowest BCUT2D eigenvalue weighted by molar-refractivity contribution is -0.145. The van der Waals surface area contributed by atoms with Gasteiger partial charge in [0.05, 0.1) is 43.4 Å². The van der Waals surface area contributed by atoms with E-state index in [0.717, 1.165) is 0 Å².